The second-order valence-corrected chi connectivity index (χ2v) is 5.80. The van der Waals surface area contributed by atoms with E-state index in [4.69, 9.17) is 4.42 Å². The molecule has 1 amide bonds. The first-order valence-electron chi connectivity index (χ1n) is 7.51. The predicted octanol–water partition coefficient (Wildman–Crippen LogP) is 2.24. The highest BCUT2D eigenvalue weighted by atomic mass is 16.4. The Hall–Kier alpha value is -2.04. The molecule has 1 aromatic heterocycles. The van der Waals surface area contributed by atoms with Crippen LogP contribution in [0.5, 0.6) is 0 Å². The third-order valence-corrected chi connectivity index (χ3v) is 4.26. The Balaban J connectivity index is 1.68. The van der Waals surface area contributed by atoms with E-state index in [0.29, 0.717) is 24.5 Å². The molecule has 0 atom stereocenters. The van der Waals surface area contributed by atoms with Gasteiger partial charge in [0.05, 0.1) is 5.52 Å². The molecule has 5 heteroatoms. The Morgan fingerprint density at radius 3 is 2.76 bits per heavy atom. The molecule has 5 nitrogen and oxygen atoms in total. The fourth-order valence-corrected chi connectivity index (χ4v) is 2.85. The monoisotopic (exact) mass is 288 g/mol. The summed E-state index contributed by atoms with van der Waals surface area (Å²) in [6, 6.07) is 7.30. The lowest BCUT2D eigenvalue weighted by atomic mass is 9.99. The number of hydrogen-bond acceptors (Lipinski definition) is 3. The van der Waals surface area contributed by atoms with Gasteiger partial charge in [0, 0.05) is 26.1 Å². The number of piperidine rings is 1. The maximum Gasteiger partial charge on any atom is 0.419 e. The smallest absolute Gasteiger partial charge is 0.408 e. The Morgan fingerprint density at radius 2 is 2.00 bits per heavy atom. The lowest BCUT2D eigenvalue weighted by Crippen LogP contribution is -2.38. The molecule has 2 heterocycles. The van der Waals surface area contributed by atoms with E-state index >= 15 is 0 Å². The van der Waals surface area contributed by atoms with Gasteiger partial charge in [0.15, 0.2) is 5.58 Å². The van der Waals surface area contributed by atoms with Crippen LogP contribution >= 0.6 is 0 Å². The van der Waals surface area contributed by atoms with Crippen molar-refractivity contribution in [1.29, 1.82) is 0 Å². The minimum absolute atomic E-state index is 0.124. The normalized spacial score (nSPS) is 16.5. The van der Waals surface area contributed by atoms with Crippen molar-refractivity contribution in [2.24, 2.45) is 5.92 Å². The van der Waals surface area contributed by atoms with Crippen molar-refractivity contribution >= 4 is 17.0 Å². The number of likely N-dealkylation sites (tertiary alicyclic amines) is 1. The molecule has 1 aliphatic heterocycles. The van der Waals surface area contributed by atoms with E-state index in [1.807, 2.05) is 23.1 Å². The van der Waals surface area contributed by atoms with E-state index < -0.39 is 5.76 Å². The van der Waals surface area contributed by atoms with Gasteiger partial charge in [-0.15, -0.1) is 0 Å². The third kappa shape index (κ3) is 2.86. The number of nitrogens with zero attached hydrogens (tertiary/aromatic N) is 2. The van der Waals surface area contributed by atoms with E-state index in [9.17, 15) is 9.59 Å². The molecule has 0 saturated carbocycles. The summed E-state index contributed by atoms with van der Waals surface area (Å²) in [5.74, 6) is 0.435. The van der Waals surface area contributed by atoms with Crippen LogP contribution < -0.4 is 5.76 Å². The van der Waals surface area contributed by atoms with Gasteiger partial charge in [-0.3, -0.25) is 9.36 Å². The molecule has 1 saturated heterocycles. The van der Waals surface area contributed by atoms with Crippen LogP contribution in [0.1, 0.15) is 26.2 Å². The van der Waals surface area contributed by atoms with Crippen LogP contribution in [-0.4, -0.2) is 28.5 Å². The zero-order valence-corrected chi connectivity index (χ0v) is 12.2. The van der Waals surface area contributed by atoms with Crippen LogP contribution in [0.4, 0.5) is 0 Å². The first-order chi connectivity index (χ1) is 10.1. The fraction of sp³-hybridized carbons (Fsp3) is 0.500. The zero-order valence-electron chi connectivity index (χ0n) is 12.2. The largest absolute Gasteiger partial charge is 0.419 e. The summed E-state index contributed by atoms with van der Waals surface area (Å²) in [4.78, 5) is 26.0. The van der Waals surface area contributed by atoms with Crippen molar-refractivity contribution in [3.05, 3.63) is 34.8 Å². The van der Waals surface area contributed by atoms with Gasteiger partial charge >= 0.3 is 5.76 Å². The highest BCUT2D eigenvalue weighted by Gasteiger charge is 2.20. The minimum Gasteiger partial charge on any atom is -0.408 e. The molecule has 0 bridgehead atoms. The molecule has 2 aromatic rings. The molecular weight excluding hydrogens is 268 g/mol. The van der Waals surface area contributed by atoms with Gasteiger partial charge in [0.25, 0.3) is 0 Å². The fourth-order valence-electron chi connectivity index (χ4n) is 2.85. The number of rotatable bonds is 3. The summed E-state index contributed by atoms with van der Waals surface area (Å²) < 4.78 is 6.71. The first-order valence-corrected chi connectivity index (χ1v) is 7.51. The Labute approximate surface area is 123 Å². The van der Waals surface area contributed by atoms with E-state index in [-0.39, 0.29) is 5.91 Å². The van der Waals surface area contributed by atoms with Crippen molar-refractivity contribution in [2.75, 3.05) is 13.1 Å². The van der Waals surface area contributed by atoms with Gasteiger partial charge in [-0.2, -0.15) is 0 Å². The number of oxazole rings is 1. The van der Waals surface area contributed by atoms with Gasteiger partial charge in [-0.25, -0.2) is 4.79 Å². The number of fused-ring (bicyclic) bond motifs is 1. The Bertz CT molecular complexity index is 693. The average molecular weight is 288 g/mol. The average Bonchev–Trinajstić information content (AvgIpc) is 2.81. The second-order valence-electron chi connectivity index (χ2n) is 5.80. The molecule has 0 N–H and O–H groups in total. The Morgan fingerprint density at radius 1 is 1.29 bits per heavy atom. The van der Waals surface area contributed by atoms with E-state index in [1.54, 1.807) is 10.6 Å². The molecular formula is C16H20N2O3. The van der Waals surface area contributed by atoms with Gasteiger partial charge < -0.3 is 9.32 Å². The van der Waals surface area contributed by atoms with Crippen molar-refractivity contribution < 1.29 is 9.21 Å². The lowest BCUT2D eigenvalue weighted by Gasteiger charge is -2.30. The van der Waals surface area contributed by atoms with Gasteiger partial charge in [-0.1, -0.05) is 19.1 Å². The number of para-hydroxylation sites is 2. The van der Waals surface area contributed by atoms with Gasteiger partial charge in [-0.05, 0) is 30.9 Å². The summed E-state index contributed by atoms with van der Waals surface area (Å²) in [5.41, 5.74) is 1.32. The van der Waals surface area contributed by atoms with Gasteiger partial charge in [0.1, 0.15) is 0 Å². The van der Waals surface area contributed by atoms with Crippen molar-refractivity contribution in [3.8, 4) is 0 Å². The van der Waals surface area contributed by atoms with Crippen LogP contribution in [0.15, 0.2) is 33.5 Å². The number of benzene rings is 1. The number of carbonyl (C=O) groups excluding carboxylic acids is 1. The van der Waals surface area contributed by atoms with Gasteiger partial charge in [0.2, 0.25) is 5.91 Å². The molecule has 1 fully saturated rings. The molecule has 112 valence electrons. The van der Waals surface area contributed by atoms with Crippen LogP contribution in [0.25, 0.3) is 11.1 Å². The van der Waals surface area contributed by atoms with E-state index in [1.165, 1.54) is 0 Å². The predicted molar refractivity (Wildman–Crippen MR) is 80.1 cm³/mol. The highest BCUT2D eigenvalue weighted by molar-refractivity contribution is 5.77. The zero-order chi connectivity index (χ0) is 14.8. The van der Waals surface area contributed by atoms with Crippen LogP contribution in [-0.2, 0) is 11.3 Å². The first kappa shape index (κ1) is 13.9. The lowest BCUT2D eigenvalue weighted by molar-refractivity contribution is -0.132. The van der Waals surface area contributed by atoms with E-state index in [2.05, 4.69) is 6.92 Å². The van der Waals surface area contributed by atoms with Crippen LogP contribution in [0.3, 0.4) is 0 Å². The van der Waals surface area contributed by atoms with Crippen molar-refractivity contribution in [1.82, 2.24) is 9.47 Å². The molecule has 0 aliphatic carbocycles. The van der Waals surface area contributed by atoms with Crippen molar-refractivity contribution in [2.45, 2.75) is 32.7 Å². The molecule has 21 heavy (non-hydrogen) atoms. The second kappa shape index (κ2) is 5.76. The molecule has 1 aromatic carbocycles. The standard InChI is InChI=1S/C16H20N2O3/c1-12-6-9-17(10-7-12)15(19)8-11-18-13-4-2-3-5-14(13)21-16(18)20/h2-5,12H,6-11H2,1H3. The number of carbonyl (C=O) groups is 1. The molecule has 0 radical (unpaired) electrons. The topological polar surface area (TPSA) is 55.5 Å². The number of amides is 1. The minimum atomic E-state index is -0.392. The number of aromatic nitrogens is 1. The van der Waals surface area contributed by atoms with Crippen LogP contribution in [0.2, 0.25) is 0 Å². The van der Waals surface area contributed by atoms with Crippen molar-refractivity contribution in [3.63, 3.8) is 0 Å². The quantitative estimate of drug-likeness (QED) is 0.870. The maximum atomic E-state index is 12.2. The SMILES string of the molecule is CC1CCN(C(=O)CCn2c(=O)oc3ccccc32)CC1. The molecule has 1 aliphatic rings. The molecule has 0 spiro atoms. The summed E-state index contributed by atoms with van der Waals surface area (Å²) in [6.07, 6.45) is 2.48. The highest BCUT2D eigenvalue weighted by Crippen LogP contribution is 2.17. The van der Waals surface area contributed by atoms with E-state index in [0.717, 1.165) is 31.4 Å². The Kier molecular flexibility index (Phi) is 3.82. The number of aryl methyl sites for hydroxylation is 1. The summed E-state index contributed by atoms with van der Waals surface area (Å²) >= 11 is 0. The molecule has 3 rings (SSSR count). The summed E-state index contributed by atoms with van der Waals surface area (Å²) in [6.45, 7) is 4.27. The summed E-state index contributed by atoms with van der Waals surface area (Å²) in [5, 5.41) is 0. The van der Waals surface area contributed by atoms with Crippen LogP contribution in [0, 0.1) is 5.92 Å². The summed E-state index contributed by atoms with van der Waals surface area (Å²) in [7, 11) is 0. The third-order valence-electron chi connectivity index (χ3n) is 4.26. The number of hydrogen-bond donors (Lipinski definition) is 0. The maximum absolute atomic E-state index is 12.2. The molecule has 0 unspecified atom stereocenters.